The highest BCUT2D eigenvalue weighted by atomic mass is 19.3. The minimum atomic E-state index is -2.83. The number of halogens is 2. The summed E-state index contributed by atoms with van der Waals surface area (Å²) in [7, 11) is 0. The highest BCUT2D eigenvalue weighted by molar-refractivity contribution is 5.38. The third-order valence-electron chi connectivity index (χ3n) is 1.84. The van der Waals surface area contributed by atoms with Gasteiger partial charge in [0.05, 0.1) is 11.9 Å². The van der Waals surface area contributed by atoms with Crippen molar-refractivity contribution in [1.29, 1.82) is 0 Å². The zero-order chi connectivity index (χ0) is 11.5. The molecule has 0 atom stereocenters. The number of ether oxygens (including phenoxy) is 1. The molecule has 84 valence electrons. The third kappa shape index (κ3) is 2.25. The number of nitrogen functional groups attached to an aromatic ring is 1. The first-order valence-electron chi connectivity index (χ1n) is 4.38. The van der Waals surface area contributed by atoms with E-state index in [1.165, 1.54) is 23.0 Å². The summed E-state index contributed by atoms with van der Waals surface area (Å²) in [4.78, 5) is 0. The summed E-state index contributed by atoms with van der Waals surface area (Å²) in [6.07, 6.45) is 1.52. The molecule has 0 fully saturated rings. The maximum Gasteiger partial charge on any atom is 0.387 e. The van der Waals surface area contributed by atoms with Gasteiger partial charge in [0.2, 0.25) is 0 Å². The molecule has 0 bridgehead atoms. The van der Waals surface area contributed by atoms with Gasteiger partial charge < -0.3 is 10.5 Å². The number of benzene rings is 1. The minimum absolute atomic E-state index is 0.0897. The van der Waals surface area contributed by atoms with Gasteiger partial charge in [-0.3, -0.25) is 0 Å². The van der Waals surface area contributed by atoms with Crippen molar-refractivity contribution in [3.05, 3.63) is 30.5 Å². The zero-order valence-electron chi connectivity index (χ0n) is 8.05. The molecule has 0 saturated carbocycles. The molecule has 0 saturated heterocycles. The first kappa shape index (κ1) is 10.3. The van der Waals surface area contributed by atoms with E-state index in [0.717, 1.165) is 0 Å². The van der Waals surface area contributed by atoms with Crippen LogP contribution in [0.1, 0.15) is 0 Å². The first-order chi connectivity index (χ1) is 7.65. The highest BCUT2D eigenvalue weighted by Crippen LogP contribution is 2.16. The minimum Gasteiger partial charge on any atom is -0.435 e. The fourth-order valence-electron chi connectivity index (χ4n) is 1.18. The Labute approximate surface area is 89.4 Å². The van der Waals surface area contributed by atoms with E-state index in [2.05, 4.69) is 15.0 Å². The SMILES string of the molecule is Nc1cn(-c2ccc(OC(F)F)cc2)nn1. The quantitative estimate of drug-likeness (QED) is 0.860. The zero-order valence-corrected chi connectivity index (χ0v) is 8.05. The van der Waals surface area contributed by atoms with Gasteiger partial charge in [-0.1, -0.05) is 5.21 Å². The standard InChI is InChI=1S/C9H8F2N4O/c10-9(11)16-7-3-1-6(2-4-7)15-5-8(12)13-14-15/h1-5,9H,12H2. The Kier molecular flexibility index (Phi) is 2.67. The van der Waals surface area contributed by atoms with Gasteiger partial charge in [0.25, 0.3) is 0 Å². The summed E-state index contributed by atoms with van der Waals surface area (Å²) in [5, 5.41) is 7.33. The number of nitrogens with zero attached hydrogens (tertiary/aromatic N) is 3. The monoisotopic (exact) mass is 226 g/mol. The average molecular weight is 226 g/mol. The second kappa shape index (κ2) is 4.13. The molecule has 7 heteroatoms. The molecule has 5 nitrogen and oxygen atoms in total. The van der Waals surface area contributed by atoms with Crippen molar-refractivity contribution in [3.8, 4) is 11.4 Å². The van der Waals surface area contributed by atoms with Crippen LogP contribution >= 0.6 is 0 Å². The van der Waals surface area contributed by atoms with Crippen LogP contribution in [0.15, 0.2) is 30.5 Å². The van der Waals surface area contributed by atoms with Crippen molar-refractivity contribution in [1.82, 2.24) is 15.0 Å². The van der Waals surface area contributed by atoms with Crippen molar-refractivity contribution >= 4 is 5.82 Å². The molecule has 0 amide bonds. The Morgan fingerprint density at radius 1 is 1.25 bits per heavy atom. The second-order valence-electron chi connectivity index (χ2n) is 2.96. The van der Waals surface area contributed by atoms with Crippen LogP contribution < -0.4 is 10.5 Å². The van der Waals surface area contributed by atoms with Crippen LogP contribution in [0, 0.1) is 0 Å². The maximum absolute atomic E-state index is 11.9. The van der Waals surface area contributed by atoms with E-state index in [1.807, 2.05) is 0 Å². The average Bonchev–Trinajstić information content (AvgIpc) is 2.65. The summed E-state index contributed by atoms with van der Waals surface area (Å²) in [6, 6.07) is 5.98. The molecule has 16 heavy (non-hydrogen) atoms. The van der Waals surface area contributed by atoms with Crippen LogP contribution in [0.4, 0.5) is 14.6 Å². The van der Waals surface area contributed by atoms with E-state index in [4.69, 9.17) is 5.73 Å². The van der Waals surface area contributed by atoms with Crippen LogP contribution in [-0.4, -0.2) is 21.6 Å². The number of aromatic nitrogens is 3. The summed E-state index contributed by atoms with van der Waals surface area (Å²) < 4.78 is 29.4. The molecule has 2 rings (SSSR count). The Morgan fingerprint density at radius 2 is 1.94 bits per heavy atom. The van der Waals surface area contributed by atoms with Gasteiger partial charge in [-0.05, 0) is 24.3 Å². The first-order valence-corrected chi connectivity index (χ1v) is 4.38. The molecule has 1 heterocycles. The summed E-state index contributed by atoms with van der Waals surface area (Å²) >= 11 is 0. The summed E-state index contributed by atoms with van der Waals surface area (Å²) in [5.74, 6) is 0.375. The van der Waals surface area contributed by atoms with Crippen molar-refractivity contribution in [2.24, 2.45) is 0 Å². The molecule has 0 unspecified atom stereocenters. The number of alkyl halides is 2. The number of hydrogen-bond acceptors (Lipinski definition) is 4. The summed E-state index contributed by atoms with van der Waals surface area (Å²) in [5.41, 5.74) is 6.05. The largest absolute Gasteiger partial charge is 0.435 e. The maximum atomic E-state index is 11.9. The van der Waals surface area contributed by atoms with Gasteiger partial charge in [-0.15, -0.1) is 5.10 Å². The molecular weight excluding hydrogens is 218 g/mol. The predicted octanol–water partition coefficient (Wildman–Crippen LogP) is 1.45. The van der Waals surface area contributed by atoms with Crippen LogP contribution in [-0.2, 0) is 0 Å². The van der Waals surface area contributed by atoms with Crippen LogP contribution in [0.25, 0.3) is 5.69 Å². The molecule has 1 aromatic carbocycles. The normalized spacial score (nSPS) is 10.7. The molecule has 2 N–H and O–H groups in total. The van der Waals surface area contributed by atoms with Gasteiger partial charge in [-0.25, -0.2) is 4.68 Å². The molecule has 0 aliphatic rings. The van der Waals surface area contributed by atoms with Crippen LogP contribution in [0.3, 0.4) is 0 Å². The van der Waals surface area contributed by atoms with Crippen molar-refractivity contribution in [2.45, 2.75) is 6.61 Å². The van der Waals surface area contributed by atoms with E-state index >= 15 is 0 Å². The summed E-state index contributed by atoms with van der Waals surface area (Å²) in [6.45, 7) is -2.83. The number of nitrogens with two attached hydrogens (primary N) is 1. The van der Waals surface area contributed by atoms with E-state index in [0.29, 0.717) is 5.69 Å². The molecular formula is C9H8F2N4O. The number of hydrogen-bond donors (Lipinski definition) is 1. The Morgan fingerprint density at radius 3 is 2.44 bits per heavy atom. The van der Waals surface area contributed by atoms with Gasteiger partial charge in [0.15, 0.2) is 5.82 Å². The Balaban J connectivity index is 2.19. The van der Waals surface area contributed by atoms with Crippen molar-refractivity contribution in [3.63, 3.8) is 0 Å². The van der Waals surface area contributed by atoms with E-state index in [9.17, 15) is 8.78 Å². The lowest BCUT2D eigenvalue weighted by Crippen LogP contribution is -2.02. The second-order valence-corrected chi connectivity index (χ2v) is 2.96. The number of rotatable bonds is 3. The third-order valence-corrected chi connectivity index (χ3v) is 1.84. The lowest BCUT2D eigenvalue weighted by Gasteiger charge is -2.05. The molecule has 0 radical (unpaired) electrons. The lowest BCUT2D eigenvalue weighted by atomic mass is 10.3. The molecule has 2 aromatic rings. The van der Waals surface area contributed by atoms with E-state index < -0.39 is 6.61 Å². The fourth-order valence-corrected chi connectivity index (χ4v) is 1.18. The van der Waals surface area contributed by atoms with Gasteiger partial charge in [0, 0.05) is 0 Å². The van der Waals surface area contributed by atoms with Crippen molar-refractivity contribution in [2.75, 3.05) is 5.73 Å². The van der Waals surface area contributed by atoms with Crippen LogP contribution in [0.5, 0.6) is 5.75 Å². The topological polar surface area (TPSA) is 66.0 Å². The predicted molar refractivity (Wildman–Crippen MR) is 52.4 cm³/mol. The van der Waals surface area contributed by atoms with Gasteiger partial charge in [0.1, 0.15) is 5.75 Å². The molecule has 1 aromatic heterocycles. The molecule has 0 aliphatic carbocycles. The van der Waals surface area contributed by atoms with Gasteiger partial charge >= 0.3 is 6.61 Å². The highest BCUT2D eigenvalue weighted by Gasteiger charge is 2.04. The number of anilines is 1. The van der Waals surface area contributed by atoms with E-state index in [-0.39, 0.29) is 11.6 Å². The van der Waals surface area contributed by atoms with Crippen molar-refractivity contribution < 1.29 is 13.5 Å². The van der Waals surface area contributed by atoms with E-state index in [1.54, 1.807) is 12.1 Å². The van der Waals surface area contributed by atoms with Gasteiger partial charge in [-0.2, -0.15) is 8.78 Å². The molecule has 0 spiro atoms. The molecule has 0 aliphatic heterocycles. The lowest BCUT2D eigenvalue weighted by molar-refractivity contribution is -0.0498. The fraction of sp³-hybridized carbons (Fsp3) is 0.111. The Bertz CT molecular complexity index is 469. The smallest absolute Gasteiger partial charge is 0.387 e. The van der Waals surface area contributed by atoms with Crippen LogP contribution in [0.2, 0.25) is 0 Å². The Hall–Kier alpha value is -2.18.